The molecule has 0 amide bonds. The number of rotatable bonds is 5. The smallest absolute Gasteiger partial charge is 0.289 e. The molecular formula is C13H12N2O5S. The number of sulfonamides is 1. The summed E-state index contributed by atoms with van der Waals surface area (Å²) in [6, 6.07) is 11.2. The van der Waals surface area contributed by atoms with Crippen LogP contribution in [0.4, 0.5) is 5.69 Å². The van der Waals surface area contributed by atoms with E-state index >= 15 is 0 Å². The number of nitro benzene ring substituents is 1. The van der Waals surface area contributed by atoms with Crippen LogP contribution in [0.1, 0.15) is 5.56 Å². The largest absolute Gasteiger partial charge is 0.508 e. The van der Waals surface area contributed by atoms with Gasteiger partial charge >= 0.3 is 0 Å². The zero-order valence-corrected chi connectivity index (χ0v) is 11.6. The van der Waals surface area contributed by atoms with Gasteiger partial charge in [0.25, 0.3) is 5.69 Å². The molecule has 0 saturated carbocycles. The van der Waals surface area contributed by atoms with Crippen molar-refractivity contribution in [3.8, 4) is 5.75 Å². The van der Waals surface area contributed by atoms with Gasteiger partial charge in [-0.05, 0) is 23.8 Å². The molecule has 2 N–H and O–H groups in total. The van der Waals surface area contributed by atoms with E-state index in [0.717, 1.165) is 6.07 Å². The molecule has 2 aromatic carbocycles. The Balaban J connectivity index is 2.25. The molecule has 2 rings (SSSR count). The van der Waals surface area contributed by atoms with Crippen LogP contribution in [0.15, 0.2) is 53.4 Å². The molecular weight excluding hydrogens is 296 g/mol. The second kappa shape index (κ2) is 5.90. The Morgan fingerprint density at radius 1 is 1.14 bits per heavy atom. The predicted molar refractivity (Wildman–Crippen MR) is 75.2 cm³/mol. The molecule has 7 nitrogen and oxygen atoms in total. The molecule has 0 aliphatic heterocycles. The SMILES string of the molecule is O=[N+]([O-])c1ccccc1S(=O)(=O)NCc1cccc(O)c1. The number of nitrogens with one attached hydrogen (secondary N) is 1. The third-order valence-electron chi connectivity index (χ3n) is 2.73. The molecule has 110 valence electrons. The first-order chi connectivity index (χ1) is 9.90. The van der Waals surface area contributed by atoms with Crippen molar-refractivity contribution in [3.05, 3.63) is 64.2 Å². The van der Waals surface area contributed by atoms with Gasteiger partial charge in [0.15, 0.2) is 4.90 Å². The molecule has 21 heavy (non-hydrogen) atoms. The van der Waals surface area contributed by atoms with Crippen molar-refractivity contribution in [1.82, 2.24) is 4.72 Å². The number of hydrogen-bond donors (Lipinski definition) is 2. The van der Waals surface area contributed by atoms with E-state index in [1.54, 1.807) is 12.1 Å². The van der Waals surface area contributed by atoms with E-state index in [9.17, 15) is 23.6 Å². The Kier molecular flexibility index (Phi) is 4.20. The van der Waals surface area contributed by atoms with E-state index in [1.807, 2.05) is 0 Å². The van der Waals surface area contributed by atoms with E-state index in [0.29, 0.717) is 5.56 Å². The lowest BCUT2D eigenvalue weighted by Gasteiger charge is -2.07. The lowest BCUT2D eigenvalue weighted by molar-refractivity contribution is -0.387. The number of phenolic OH excluding ortho intramolecular Hbond substituents is 1. The first kappa shape index (κ1) is 14.9. The average molecular weight is 308 g/mol. The van der Waals surface area contributed by atoms with Crippen molar-refractivity contribution in [2.45, 2.75) is 11.4 Å². The topological polar surface area (TPSA) is 110 Å². The minimum Gasteiger partial charge on any atom is -0.508 e. The minimum atomic E-state index is -4.02. The first-order valence-corrected chi connectivity index (χ1v) is 7.39. The number of hydrogen-bond acceptors (Lipinski definition) is 5. The quantitative estimate of drug-likeness (QED) is 0.646. The van der Waals surface area contributed by atoms with Gasteiger partial charge in [0.2, 0.25) is 10.0 Å². The zero-order chi connectivity index (χ0) is 15.5. The molecule has 0 aliphatic rings. The normalized spacial score (nSPS) is 11.2. The molecule has 0 fully saturated rings. The van der Waals surface area contributed by atoms with E-state index < -0.39 is 25.5 Å². The summed E-state index contributed by atoms with van der Waals surface area (Å²) in [5.41, 5.74) is 0.0538. The Morgan fingerprint density at radius 2 is 1.86 bits per heavy atom. The molecule has 2 aromatic rings. The molecule has 0 saturated heterocycles. The summed E-state index contributed by atoms with van der Waals surface area (Å²) in [6.07, 6.45) is 0. The fourth-order valence-corrected chi connectivity index (χ4v) is 2.95. The van der Waals surface area contributed by atoms with Gasteiger partial charge in [-0.25, -0.2) is 13.1 Å². The molecule has 0 unspecified atom stereocenters. The third-order valence-corrected chi connectivity index (χ3v) is 4.18. The maximum absolute atomic E-state index is 12.1. The lowest BCUT2D eigenvalue weighted by Crippen LogP contribution is -2.24. The van der Waals surface area contributed by atoms with Crippen molar-refractivity contribution < 1.29 is 18.4 Å². The highest BCUT2D eigenvalue weighted by Gasteiger charge is 2.24. The molecule has 0 heterocycles. The molecule has 8 heteroatoms. The fraction of sp³-hybridized carbons (Fsp3) is 0.0769. The maximum atomic E-state index is 12.1. The van der Waals surface area contributed by atoms with Crippen molar-refractivity contribution in [1.29, 1.82) is 0 Å². The van der Waals surface area contributed by atoms with Crippen LogP contribution in [0.3, 0.4) is 0 Å². The van der Waals surface area contributed by atoms with E-state index in [2.05, 4.69) is 4.72 Å². The van der Waals surface area contributed by atoms with Crippen LogP contribution < -0.4 is 4.72 Å². The lowest BCUT2D eigenvalue weighted by atomic mass is 10.2. The summed E-state index contributed by atoms with van der Waals surface area (Å²) < 4.78 is 26.5. The summed E-state index contributed by atoms with van der Waals surface area (Å²) in [5, 5.41) is 20.2. The highest BCUT2D eigenvalue weighted by atomic mass is 32.2. The van der Waals surface area contributed by atoms with Gasteiger partial charge in [0, 0.05) is 12.6 Å². The van der Waals surface area contributed by atoms with Crippen LogP contribution in [0.5, 0.6) is 5.75 Å². The van der Waals surface area contributed by atoms with Crippen LogP contribution in [0.2, 0.25) is 0 Å². The van der Waals surface area contributed by atoms with Crippen molar-refractivity contribution >= 4 is 15.7 Å². The predicted octanol–water partition coefficient (Wildman–Crippen LogP) is 1.78. The van der Waals surface area contributed by atoms with Crippen LogP contribution >= 0.6 is 0 Å². The van der Waals surface area contributed by atoms with Crippen LogP contribution in [0.25, 0.3) is 0 Å². The monoisotopic (exact) mass is 308 g/mol. The molecule has 0 aliphatic carbocycles. The summed E-state index contributed by atoms with van der Waals surface area (Å²) in [7, 11) is -4.02. The van der Waals surface area contributed by atoms with Gasteiger partial charge in [0.1, 0.15) is 5.75 Å². The van der Waals surface area contributed by atoms with E-state index in [-0.39, 0.29) is 12.3 Å². The van der Waals surface area contributed by atoms with Gasteiger partial charge in [-0.3, -0.25) is 10.1 Å². The van der Waals surface area contributed by atoms with Gasteiger partial charge in [-0.2, -0.15) is 0 Å². The Hall–Kier alpha value is -2.45. The van der Waals surface area contributed by atoms with Gasteiger partial charge in [0.05, 0.1) is 4.92 Å². The number of benzene rings is 2. The molecule has 0 spiro atoms. The van der Waals surface area contributed by atoms with Crippen molar-refractivity contribution in [3.63, 3.8) is 0 Å². The van der Waals surface area contributed by atoms with Gasteiger partial charge < -0.3 is 5.11 Å². The Labute approximate surface area is 121 Å². The number of para-hydroxylation sites is 1. The molecule has 0 radical (unpaired) electrons. The standard InChI is InChI=1S/C13H12N2O5S/c16-11-5-3-4-10(8-11)9-14-21(19,20)13-7-2-1-6-12(13)15(17)18/h1-8,14,16H,9H2. The van der Waals surface area contributed by atoms with Crippen LogP contribution in [-0.4, -0.2) is 18.4 Å². The molecule has 0 aromatic heterocycles. The maximum Gasteiger partial charge on any atom is 0.289 e. The Morgan fingerprint density at radius 3 is 2.52 bits per heavy atom. The second-order valence-electron chi connectivity index (χ2n) is 4.22. The minimum absolute atomic E-state index is 0.0115. The van der Waals surface area contributed by atoms with Crippen LogP contribution in [-0.2, 0) is 16.6 Å². The molecule has 0 atom stereocenters. The van der Waals surface area contributed by atoms with Crippen molar-refractivity contribution in [2.24, 2.45) is 0 Å². The van der Waals surface area contributed by atoms with E-state index in [1.165, 1.54) is 30.3 Å². The summed E-state index contributed by atoms with van der Waals surface area (Å²) in [5.74, 6) is 0.0115. The first-order valence-electron chi connectivity index (χ1n) is 5.91. The second-order valence-corrected chi connectivity index (χ2v) is 5.95. The highest BCUT2D eigenvalue weighted by molar-refractivity contribution is 7.89. The number of phenols is 1. The summed E-state index contributed by atoms with van der Waals surface area (Å²) >= 11 is 0. The number of nitrogens with zero attached hydrogens (tertiary/aromatic N) is 1. The number of nitro groups is 1. The third kappa shape index (κ3) is 3.56. The van der Waals surface area contributed by atoms with E-state index in [4.69, 9.17) is 0 Å². The zero-order valence-electron chi connectivity index (χ0n) is 10.8. The fourth-order valence-electron chi connectivity index (χ4n) is 1.76. The highest BCUT2D eigenvalue weighted by Crippen LogP contribution is 2.23. The number of aromatic hydroxyl groups is 1. The van der Waals surface area contributed by atoms with Crippen molar-refractivity contribution in [2.75, 3.05) is 0 Å². The summed E-state index contributed by atoms with van der Waals surface area (Å²) in [4.78, 5) is 9.73. The van der Waals surface area contributed by atoms with Crippen LogP contribution in [0, 0.1) is 10.1 Å². The average Bonchev–Trinajstić information content (AvgIpc) is 2.45. The summed E-state index contributed by atoms with van der Waals surface area (Å²) in [6.45, 7) is -0.0806. The van der Waals surface area contributed by atoms with Gasteiger partial charge in [-0.1, -0.05) is 24.3 Å². The Bertz CT molecular complexity index is 774. The van der Waals surface area contributed by atoms with Gasteiger partial charge in [-0.15, -0.1) is 0 Å². The molecule has 0 bridgehead atoms.